The van der Waals surface area contributed by atoms with Gasteiger partial charge in [-0.15, -0.1) is 0 Å². The molecule has 4 N–H and O–H groups in total. The first-order chi connectivity index (χ1) is 20.7. The zero-order valence-electron chi connectivity index (χ0n) is 24.4. The molecule has 4 rings (SSSR count). The number of amides is 1. The number of nitrogens with zero attached hydrogens (tertiary/aromatic N) is 1. The number of aryl methyl sites for hydroxylation is 1. The Bertz CT molecular complexity index is 1630. The number of rotatable bonds is 13. The number of ether oxygens (including phenoxy) is 3. The third kappa shape index (κ3) is 8.23. The smallest absolute Gasteiger partial charge is 0.439 e. The quantitative estimate of drug-likeness (QED) is 0.164. The molecular weight excluding hydrogens is 556 g/mol. The van der Waals surface area contributed by atoms with E-state index in [2.05, 4.69) is 25.3 Å². The maximum atomic E-state index is 13.4. The van der Waals surface area contributed by atoms with Gasteiger partial charge in [-0.25, -0.2) is 9.59 Å². The molecule has 12 heteroatoms. The van der Waals surface area contributed by atoms with Crippen molar-refractivity contribution in [2.75, 3.05) is 23.8 Å². The van der Waals surface area contributed by atoms with Crippen molar-refractivity contribution in [3.63, 3.8) is 0 Å². The summed E-state index contributed by atoms with van der Waals surface area (Å²) in [7, 11) is 0. The molecular formula is C31H34N4O8. The Balaban J connectivity index is 1.57. The van der Waals surface area contributed by atoms with Crippen LogP contribution in [0, 0.1) is 6.92 Å². The van der Waals surface area contributed by atoms with E-state index in [0.29, 0.717) is 45.1 Å². The summed E-state index contributed by atoms with van der Waals surface area (Å²) < 4.78 is 21.4. The fraction of sp³-hybridized carbons (Fsp3) is 0.290. The second-order valence-electron chi connectivity index (χ2n) is 9.88. The van der Waals surface area contributed by atoms with Gasteiger partial charge in [0, 0.05) is 29.0 Å². The van der Waals surface area contributed by atoms with Gasteiger partial charge >= 0.3 is 11.7 Å². The highest BCUT2D eigenvalue weighted by Gasteiger charge is 2.19. The molecule has 0 fully saturated rings. The summed E-state index contributed by atoms with van der Waals surface area (Å²) in [6.45, 7) is 7.17. The number of anilines is 2. The van der Waals surface area contributed by atoms with Crippen LogP contribution in [0.25, 0.3) is 11.4 Å². The molecule has 1 amide bonds. The van der Waals surface area contributed by atoms with Crippen molar-refractivity contribution in [2.45, 2.75) is 47.0 Å². The van der Waals surface area contributed by atoms with Crippen LogP contribution in [0.3, 0.4) is 0 Å². The van der Waals surface area contributed by atoms with Crippen molar-refractivity contribution < 1.29 is 33.4 Å². The van der Waals surface area contributed by atoms with E-state index in [1.807, 2.05) is 26.8 Å². The van der Waals surface area contributed by atoms with E-state index >= 15 is 0 Å². The standard InChI is InChI=1S/C31H34N4O8/c1-5-40-27(37)17-41-28-22(13-20(16-36)14-26(28)42-18(2)3)15-32-25-11-6-19(4)12-24(25)30(38)33-23-9-7-21(8-10-23)29-34-31(39)43-35-29/h6-14,18,32,36H,5,15-17H2,1-4H3,(H,33,38)(H,34,35,39). The lowest BCUT2D eigenvalue weighted by molar-refractivity contribution is -0.145. The SMILES string of the molecule is CCOC(=O)COc1c(CNc2ccc(C)cc2C(=O)Nc2ccc(-c3noc(=O)[nH]3)cc2)cc(CO)cc1OC(C)C. The molecule has 0 bridgehead atoms. The Morgan fingerprint density at radius 2 is 1.86 bits per heavy atom. The molecule has 0 aliphatic carbocycles. The summed E-state index contributed by atoms with van der Waals surface area (Å²) in [6.07, 6.45) is -0.195. The zero-order valence-corrected chi connectivity index (χ0v) is 24.4. The number of hydrogen-bond acceptors (Lipinski definition) is 10. The molecule has 12 nitrogen and oxygen atoms in total. The predicted octanol–water partition coefficient (Wildman–Crippen LogP) is 4.42. The highest BCUT2D eigenvalue weighted by Crippen LogP contribution is 2.35. The van der Waals surface area contributed by atoms with Crippen molar-refractivity contribution >= 4 is 23.3 Å². The molecule has 43 heavy (non-hydrogen) atoms. The molecule has 4 aromatic rings. The highest BCUT2D eigenvalue weighted by molar-refractivity contribution is 6.08. The number of hydrogen-bond donors (Lipinski definition) is 4. The van der Waals surface area contributed by atoms with Crippen LogP contribution < -0.4 is 25.9 Å². The van der Waals surface area contributed by atoms with Gasteiger partial charge in [-0.05, 0) is 81.8 Å². The van der Waals surface area contributed by atoms with Crippen LogP contribution in [0.2, 0.25) is 0 Å². The molecule has 0 aliphatic rings. The third-order valence-electron chi connectivity index (χ3n) is 6.12. The monoisotopic (exact) mass is 590 g/mol. The van der Waals surface area contributed by atoms with Gasteiger partial charge in [-0.1, -0.05) is 16.8 Å². The minimum atomic E-state index is -0.656. The van der Waals surface area contributed by atoms with Crippen molar-refractivity contribution in [2.24, 2.45) is 0 Å². The number of benzene rings is 3. The molecule has 0 atom stereocenters. The average molecular weight is 591 g/mol. The first-order valence-corrected chi connectivity index (χ1v) is 13.7. The van der Waals surface area contributed by atoms with E-state index in [-0.39, 0.29) is 44.2 Å². The van der Waals surface area contributed by atoms with Crippen molar-refractivity contribution in [3.8, 4) is 22.9 Å². The zero-order chi connectivity index (χ0) is 30.9. The van der Waals surface area contributed by atoms with Crippen molar-refractivity contribution in [1.29, 1.82) is 0 Å². The number of carbonyl (C=O) groups is 2. The number of H-pyrrole nitrogens is 1. The second-order valence-corrected chi connectivity index (χ2v) is 9.88. The van der Waals surface area contributed by atoms with Gasteiger partial charge in [0.15, 0.2) is 23.9 Å². The van der Waals surface area contributed by atoms with Gasteiger partial charge in [0.05, 0.1) is 24.9 Å². The Morgan fingerprint density at radius 3 is 2.51 bits per heavy atom. The number of esters is 1. The Hall–Kier alpha value is -5.10. The minimum absolute atomic E-state index is 0.189. The number of aromatic amines is 1. The summed E-state index contributed by atoms with van der Waals surface area (Å²) >= 11 is 0. The summed E-state index contributed by atoms with van der Waals surface area (Å²) in [5, 5.41) is 19.7. The van der Waals surface area contributed by atoms with Crippen molar-refractivity contribution in [1.82, 2.24) is 10.1 Å². The number of aliphatic hydroxyl groups excluding tert-OH is 1. The number of aliphatic hydroxyl groups is 1. The molecule has 1 heterocycles. The first kappa shape index (κ1) is 30.8. The molecule has 1 aromatic heterocycles. The van der Waals surface area contributed by atoms with Crippen LogP contribution in [0.4, 0.5) is 11.4 Å². The largest absolute Gasteiger partial charge is 0.487 e. The Morgan fingerprint density at radius 1 is 1.09 bits per heavy atom. The maximum absolute atomic E-state index is 13.4. The Labute approximate surface area is 248 Å². The molecule has 3 aromatic carbocycles. The van der Waals surface area contributed by atoms with Gasteiger partial charge in [0.2, 0.25) is 0 Å². The van der Waals surface area contributed by atoms with Crippen LogP contribution in [-0.2, 0) is 22.7 Å². The molecule has 226 valence electrons. The molecule has 0 unspecified atom stereocenters. The van der Waals surface area contributed by atoms with E-state index in [9.17, 15) is 19.5 Å². The third-order valence-corrected chi connectivity index (χ3v) is 6.12. The van der Waals surface area contributed by atoms with Crippen LogP contribution in [0.1, 0.15) is 47.8 Å². The average Bonchev–Trinajstić information content (AvgIpc) is 3.42. The lowest BCUT2D eigenvalue weighted by Gasteiger charge is -2.20. The summed E-state index contributed by atoms with van der Waals surface area (Å²) in [5.74, 6) is -0.536. The summed E-state index contributed by atoms with van der Waals surface area (Å²) in [6, 6.07) is 15.6. The van der Waals surface area contributed by atoms with Crippen LogP contribution in [-0.4, -0.2) is 46.4 Å². The van der Waals surface area contributed by atoms with E-state index in [0.717, 1.165) is 5.56 Å². The minimum Gasteiger partial charge on any atom is -0.487 e. The molecule has 0 radical (unpaired) electrons. The Kier molecular flexibility index (Phi) is 10.2. The van der Waals surface area contributed by atoms with Crippen molar-refractivity contribution in [3.05, 3.63) is 87.4 Å². The van der Waals surface area contributed by atoms with Gasteiger partial charge in [-0.2, -0.15) is 0 Å². The maximum Gasteiger partial charge on any atom is 0.439 e. The number of nitrogens with one attached hydrogen (secondary N) is 3. The van der Waals surface area contributed by atoms with E-state index < -0.39 is 11.7 Å². The fourth-order valence-electron chi connectivity index (χ4n) is 4.24. The second kappa shape index (κ2) is 14.2. The predicted molar refractivity (Wildman–Crippen MR) is 159 cm³/mol. The lowest BCUT2D eigenvalue weighted by Crippen LogP contribution is -2.18. The summed E-state index contributed by atoms with van der Waals surface area (Å²) in [5.41, 5.74) is 4.19. The van der Waals surface area contributed by atoms with Crippen LogP contribution in [0.15, 0.2) is 63.9 Å². The van der Waals surface area contributed by atoms with Gasteiger partial charge in [-0.3, -0.25) is 14.3 Å². The molecule has 0 saturated carbocycles. The van der Waals surface area contributed by atoms with E-state index in [4.69, 9.17) is 14.2 Å². The first-order valence-electron chi connectivity index (χ1n) is 13.7. The van der Waals surface area contributed by atoms with Gasteiger partial charge < -0.3 is 30.0 Å². The summed E-state index contributed by atoms with van der Waals surface area (Å²) in [4.78, 5) is 39.1. The van der Waals surface area contributed by atoms with E-state index in [1.54, 1.807) is 55.5 Å². The highest BCUT2D eigenvalue weighted by atomic mass is 16.6. The van der Waals surface area contributed by atoms with Crippen LogP contribution in [0.5, 0.6) is 11.5 Å². The van der Waals surface area contributed by atoms with Gasteiger partial charge in [0.25, 0.3) is 5.91 Å². The fourth-order valence-corrected chi connectivity index (χ4v) is 4.24. The molecule has 0 saturated heterocycles. The van der Waals surface area contributed by atoms with Crippen LogP contribution >= 0.6 is 0 Å². The number of aromatic nitrogens is 2. The lowest BCUT2D eigenvalue weighted by atomic mass is 10.1. The van der Waals surface area contributed by atoms with Gasteiger partial charge in [0.1, 0.15) is 0 Å². The normalized spacial score (nSPS) is 10.8. The molecule has 0 aliphatic heterocycles. The molecule has 0 spiro atoms. The topological polar surface area (TPSA) is 165 Å². The van der Waals surface area contributed by atoms with E-state index in [1.165, 1.54) is 0 Å². The number of carbonyl (C=O) groups excluding carboxylic acids is 2.